The Hall–Kier alpha value is -3.78. The molecule has 158 valence electrons. The lowest BCUT2D eigenvalue weighted by Gasteiger charge is -2.23. The lowest BCUT2D eigenvalue weighted by molar-refractivity contribution is -0.144. The molecule has 8 nitrogen and oxygen atoms in total. The first kappa shape index (κ1) is 20.5. The van der Waals surface area contributed by atoms with Gasteiger partial charge in [0.25, 0.3) is 5.91 Å². The second kappa shape index (κ2) is 7.81. The highest BCUT2D eigenvalue weighted by Gasteiger charge is 2.54. The zero-order valence-electron chi connectivity index (χ0n) is 17.3. The fourth-order valence-electron chi connectivity index (χ4n) is 3.74. The molecule has 1 amide bonds. The van der Waals surface area contributed by atoms with Crippen LogP contribution in [0.25, 0.3) is 0 Å². The summed E-state index contributed by atoms with van der Waals surface area (Å²) in [6.07, 6.45) is 1.75. The largest absolute Gasteiger partial charge is 0.466 e. The lowest BCUT2D eigenvalue weighted by atomic mass is 9.87. The minimum atomic E-state index is -2.20. The molecule has 0 saturated carbocycles. The first-order valence-corrected chi connectivity index (χ1v) is 9.70. The molecular formula is C23H22N4O4. The van der Waals surface area contributed by atoms with E-state index in [-0.39, 0.29) is 12.1 Å². The molecule has 8 heteroatoms. The number of anilines is 1. The molecule has 1 unspecified atom stereocenters. The smallest absolute Gasteiger partial charge is 0.336 e. The van der Waals surface area contributed by atoms with Gasteiger partial charge >= 0.3 is 5.97 Å². The predicted molar refractivity (Wildman–Crippen MR) is 113 cm³/mol. The SMILES string of the molecule is C=C(C(=O)OC)C1(O)C(=O)N(Cc2cn(Cc3ccccc3)nn2)c2ccc(C)cc21. The first-order chi connectivity index (χ1) is 14.8. The Bertz CT molecular complexity index is 1170. The Kier molecular flexibility index (Phi) is 5.16. The third-order valence-corrected chi connectivity index (χ3v) is 5.35. The molecular weight excluding hydrogens is 396 g/mol. The number of benzene rings is 2. The van der Waals surface area contributed by atoms with Gasteiger partial charge in [-0.15, -0.1) is 5.10 Å². The molecule has 0 radical (unpaired) electrons. The molecule has 0 aliphatic carbocycles. The van der Waals surface area contributed by atoms with Crippen LogP contribution in [0.1, 0.15) is 22.4 Å². The van der Waals surface area contributed by atoms with Crippen LogP contribution in [0.3, 0.4) is 0 Å². The van der Waals surface area contributed by atoms with Gasteiger partial charge in [0, 0.05) is 5.56 Å². The molecule has 3 aromatic rings. The average molecular weight is 418 g/mol. The third kappa shape index (κ3) is 3.51. The number of amides is 1. The Morgan fingerprint density at radius 3 is 2.65 bits per heavy atom. The first-order valence-electron chi connectivity index (χ1n) is 9.70. The molecule has 0 spiro atoms. The number of ether oxygens (including phenoxy) is 1. The minimum Gasteiger partial charge on any atom is -0.466 e. The van der Waals surface area contributed by atoms with Gasteiger partial charge in [0.15, 0.2) is 0 Å². The second-order valence-electron chi connectivity index (χ2n) is 7.49. The quantitative estimate of drug-likeness (QED) is 0.486. The van der Waals surface area contributed by atoms with Gasteiger partial charge in [0.1, 0.15) is 5.69 Å². The van der Waals surface area contributed by atoms with Crippen molar-refractivity contribution in [1.29, 1.82) is 0 Å². The van der Waals surface area contributed by atoms with Crippen LogP contribution in [-0.4, -0.2) is 39.1 Å². The number of carbonyl (C=O) groups is 2. The second-order valence-corrected chi connectivity index (χ2v) is 7.49. The number of carbonyl (C=O) groups excluding carboxylic acids is 2. The summed E-state index contributed by atoms with van der Waals surface area (Å²) in [5.74, 6) is -1.53. The lowest BCUT2D eigenvalue weighted by Crippen LogP contribution is -2.43. The minimum absolute atomic E-state index is 0.0838. The van der Waals surface area contributed by atoms with Crippen molar-refractivity contribution in [3.8, 4) is 0 Å². The fraction of sp³-hybridized carbons (Fsp3) is 0.217. The highest BCUT2D eigenvalue weighted by atomic mass is 16.5. The summed E-state index contributed by atoms with van der Waals surface area (Å²) in [7, 11) is 1.18. The highest BCUT2D eigenvalue weighted by Crippen LogP contribution is 2.45. The van der Waals surface area contributed by atoms with Gasteiger partial charge in [-0.2, -0.15) is 0 Å². The van der Waals surface area contributed by atoms with Crippen molar-refractivity contribution in [2.24, 2.45) is 0 Å². The van der Waals surface area contributed by atoms with Crippen LogP contribution in [0.15, 0.2) is 66.9 Å². The molecule has 1 atom stereocenters. The maximum atomic E-state index is 13.3. The maximum absolute atomic E-state index is 13.3. The van der Waals surface area contributed by atoms with Crippen molar-refractivity contribution in [1.82, 2.24) is 15.0 Å². The van der Waals surface area contributed by atoms with Gasteiger partial charge in [-0.25, -0.2) is 9.48 Å². The number of rotatable bonds is 6. The van der Waals surface area contributed by atoms with E-state index >= 15 is 0 Å². The molecule has 2 aromatic carbocycles. The van der Waals surface area contributed by atoms with Crippen LogP contribution in [0, 0.1) is 6.92 Å². The monoisotopic (exact) mass is 418 g/mol. The van der Waals surface area contributed by atoms with Crippen molar-refractivity contribution >= 4 is 17.6 Å². The Morgan fingerprint density at radius 2 is 1.94 bits per heavy atom. The van der Waals surface area contributed by atoms with E-state index < -0.39 is 17.5 Å². The van der Waals surface area contributed by atoms with Gasteiger partial charge in [0.2, 0.25) is 5.60 Å². The van der Waals surface area contributed by atoms with Crippen LogP contribution < -0.4 is 4.90 Å². The van der Waals surface area contributed by atoms with Crippen molar-refractivity contribution in [3.05, 3.63) is 89.3 Å². The number of hydrogen-bond donors (Lipinski definition) is 1. The van der Waals surface area contributed by atoms with Crippen molar-refractivity contribution in [2.75, 3.05) is 12.0 Å². The van der Waals surface area contributed by atoms with Gasteiger partial charge in [-0.1, -0.05) is 59.8 Å². The summed E-state index contributed by atoms with van der Waals surface area (Å²) in [6, 6.07) is 15.1. The number of aromatic nitrogens is 3. The standard InChI is InChI=1S/C23H22N4O4/c1-15-9-10-20-19(11-15)23(30,16(2)21(28)31-3)22(29)27(20)14-18-13-26(25-24-18)12-17-7-5-4-6-8-17/h4-11,13,30H,2,12,14H2,1,3H3. The van der Waals surface area contributed by atoms with E-state index in [1.807, 2.05) is 43.3 Å². The summed E-state index contributed by atoms with van der Waals surface area (Å²) in [6.45, 7) is 6.11. The average Bonchev–Trinajstić information content (AvgIpc) is 3.30. The van der Waals surface area contributed by atoms with E-state index in [0.717, 1.165) is 11.1 Å². The summed E-state index contributed by atoms with van der Waals surface area (Å²) in [4.78, 5) is 26.8. The number of fused-ring (bicyclic) bond motifs is 1. The van der Waals surface area contributed by atoms with Crippen LogP contribution in [0.2, 0.25) is 0 Å². The van der Waals surface area contributed by atoms with Gasteiger partial charge in [-0.05, 0) is 18.6 Å². The van der Waals surface area contributed by atoms with Crippen LogP contribution >= 0.6 is 0 Å². The topological polar surface area (TPSA) is 97.6 Å². The highest BCUT2D eigenvalue weighted by molar-refractivity contribution is 6.13. The summed E-state index contributed by atoms with van der Waals surface area (Å²) in [5, 5.41) is 19.6. The molecule has 1 aromatic heterocycles. The predicted octanol–water partition coefficient (Wildman–Crippen LogP) is 2.10. The number of methoxy groups -OCH3 is 1. The van der Waals surface area contributed by atoms with E-state index in [1.54, 1.807) is 23.0 Å². The van der Waals surface area contributed by atoms with Crippen molar-refractivity contribution < 1.29 is 19.4 Å². The number of esters is 1. The normalized spacial score (nSPS) is 17.5. The molecule has 31 heavy (non-hydrogen) atoms. The van der Waals surface area contributed by atoms with Crippen LogP contribution in [-0.2, 0) is 33.0 Å². The van der Waals surface area contributed by atoms with Crippen molar-refractivity contribution in [2.45, 2.75) is 25.6 Å². The molecule has 0 fully saturated rings. The Morgan fingerprint density at radius 1 is 1.19 bits per heavy atom. The molecule has 1 N–H and O–H groups in total. The molecule has 0 saturated heterocycles. The van der Waals surface area contributed by atoms with E-state index in [0.29, 0.717) is 23.5 Å². The van der Waals surface area contributed by atoms with Crippen LogP contribution in [0.5, 0.6) is 0 Å². The molecule has 1 aliphatic heterocycles. The zero-order chi connectivity index (χ0) is 22.2. The summed E-state index contributed by atoms with van der Waals surface area (Å²) in [5.41, 5.74) is 0.698. The number of aliphatic hydroxyl groups is 1. The Balaban J connectivity index is 1.65. The van der Waals surface area contributed by atoms with Gasteiger partial charge in [-0.3, -0.25) is 4.79 Å². The van der Waals surface area contributed by atoms with Gasteiger partial charge < -0.3 is 14.7 Å². The summed E-state index contributed by atoms with van der Waals surface area (Å²) >= 11 is 0. The third-order valence-electron chi connectivity index (χ3n) is 5.35. The molecule has 0 bridgehead atoms. The molecule has 4 rings (SSSR count). The van der Waals surface area contributed by atoms with E-state index in [1.165, 1.54) is 12.0 Å². The number of hydrogen-bond acceptors (Lipinski definition) is 6. The Labute approximate surface area is 179 Å². The number of nitrogens with zero attached hydrogens (tertiary/aromatic N) is 4. The van der Waals surface area contributed by atoms with E-state index in [4.69, 9.17) is 4.74 Å². The van der Waals surface area contributed by atoms with Gasteiger partial charge in [0.05, 0.1) is 37.7 Å². The zero-order valence-corrected chi connectivity index (χ0v) is 17.3. The fourth-order valence-corrected chi connectivity index (χ4v) is 3.74. The maximum Gasteiger partial charge on any atom is 0.336 e. The molecule has 1 aliphatic rings. The van der Waals surface area contributed by atoms with E-state index in [2.05, 4.69) is 16.9 Å². The van der Waals surface area contributed by atoms with Crippen molar-refractivity contribution in [3.63, 3.8) is 0 Å². The summed E-state index contributed by atoms with van der Waals surface area (Å²) < 4.78 is 6.38. The molecule has 2 heterocycles. The number of aryl methyl sites for hydroxylation is 1. The van der Waals surface area contributed by atoms with Crippen LogP contribution in [0.4, 0.5) is 5.69 Å². The van der Waals surface area contributed by atoms with E-state index in [9.17, 15) is 14.7 Å².